The summed E-state index contributed by atoms with van der Waals surface area (Å²) < 4.78 is 33.4. The number of hydrogen-bond donors (Lipinski definition) is 3. The number of amides is 1. The normalized spacial score (nSPS) is 11.3. The van der Waals surface area contributed by atoms with E-state index in [0.29, 0.717) is 16.9 Å². The van der Waals surface area contributed by atoms with Gasteiger partial charge in [0.15, 0.2) is 0 Å². The smallest absolute Gasteiger partial charge is 0.328 e. The summed E-state index contributed by atoms with van der Waals surface area (Å²) >= 11 is 0. The highest BCUT2D eigenvalue weighted by Crippen LogP contribution is 2.22. The number of anilines is 2. The Bertz CT molecular complexity index is 1290. The fourth-order valence-electron chi connectivity index (χ4n) is 2.47. The van der Waals surface area contributed by atoms with Gasteiger partial charge in [-0.25, -0.2) is 17.9 Å². The Kier molecular flexibility index (Phi) is 5.87. The maximum atomic E-state index is 12.5. The first-order valence-electron chi connectivity index (χ1n) is 8.81. The number of carbonyl (C=O) groups excluding carboxylic acids is 1. The summed E-state index contributed by atoms with van der Waals surface area (Å²) in [6.07, 6.45) is 1.29. The van der Waals surface area contributed by atoms with E-state index in [0.717, 1.165) is 0 Å². The third kappa shape index (κ3) is 4.84. The average Bonchev–Trinajstić information content (AvgIpc) is 2.99. The number of H-pyrrole nitrogens is 1. The second kappa shape index (κ2) is 8.37. The van der Waals surface area contributed by atoms with Crippen molar-refractivity contribution in [1.29, 1.82) is 0 Å². The molecule has 0 aliphatic heterocycles. The lowest BCUT2D eigenvalue weighted by molar-refractivity contribution is -0.116. The third-order valence-corrected chi connectivity index (χ3v) is 5.66. The molecule has 12 heteroatoms. The summed E-state index contributed by atoms with van der Waals surface area (Å²) in [6, 6.07) is 6.74. The summed E-state index contributed by atoms with van der Waals surface area (Å²) in [5.74, 6) is -0.336. The van der Waals surface area contributed by atoms with Crippen LogP contribution in [0.25, 0.3) is 0 Å². The van der Waals surface area contributed by atoms with Crippen LogP contribution < -0.4 is 21.3 Å². The SMILES string of the molecule is Cc1noc(NS(=O)(=O)c2ccc(NC(=O)CCn3ccc(=O)[nH]c3=O)cc2)c1C. The van der Waals surface area contributed by atoms with Crippen molar-refractivity contribution in [3.8, 4) is 0 Å². The van der Waals surface area contributed by atoms with Crippen molar-refractivity contribution in [3.05, 3.63) is 68.6 Å². The number of aryl methyl sites for hydroxylation is 2. The van der Waals surface area contributed by atoms with Gasteiger partial charge in [-0.3, -0.25) is 14.6 Å². The second-order valence-corrected chi connectivity index (χ2v) is 8.14. The van der Waals surface area contributed by atoms with Crippen molar-refractivity contribution in [2.75, 3.05) is 10.0 Å². The molecular formula is C18H19N5O6S. The number of aromatic amines is 1. The maximum Gasteiger partial charge on any atom is 0.328 e. The van der Waals surface area contributed by atoms with Crippen molar-refractivity contribution in [1.82, 2.24) is 14.7 Å². The van der Waals surface area contributed by atoms with E-state index in [1.165, 1.54) is 41.1 Å². The van der Waals surface area contributed by atoms with Crippen LogP contribution in [0.2, 0.25) is 0 Å². The van der Waals surface area contributed by atoms with E-state index in [1.54, 1.807) is 13.8 Å². The van der Waals surface area contributed by atoms with Crippen LogP contribution in [0.3, 0.4) is 0 Å². The number of nitrogens with zero attached hydrogens (tertiary/aromatic N) is 2. The van der Waals surface area contributed by atoms with Crippen LogP contribution in [0.5, 0.6) is 0 Å². The van der Waals surface area contributed by atoms with Gasteiger partial charge in [-0.15, -0.1) is 0 Å². The molecule has 0 fully saturated rings. The van der Waals surface area contributed by atoms with E-state index in [-0.39, 0.29) is 29.7 Å². The molecule has 0 atom stereocenters. The Hall–Kier alpha value is -3.67. The zero-order valence-electron chi connectivity index (χ0n) is 16.1. The molecule has 3 rings (SSSR count). The zero-order chi connectivity index (χ0) is 21.9. The summed E-state index contributed by atoms with van der Waals surface area (Å²) in [6.45, 7) is 3.46. The topological polar surface area (TPSA) is 156 Å². The second-order valence-electron chi connectivity index (χ2n) is 6.45. The van der Waals surface area contributed by atoms with Gasteiger partial charge in [-0.1, -0.05) is 5.16 Å². The van der Waals surface area contributed by atoms with Crippen molar-refractivity contribution >= 4 is 27.5 Å². The van der Waals surface area contributed by atoms with Crippen LogP contribution in [0, 0.1) is 13.8 Å². The molecule has 30 heavy (non-hydrogen) atoms. The molecule has 0 unspecified atom stereocenters. The van der Waals surface area contributed by atoms with E-state index in [9.17, 15) is 22.8 Å². The lowest BCUT2D eigenvalue weighted by atomic mass is 10.3. The minimum atomic E-state index is -3.89. The Morgan fingerprint density at radius 3 is 2.47 bits per heavy atom. The number of nitrogens with one attached hydrogen (secondary N) is 3. The number of hydrogen-bond acceptors (Lipinski definition) is 7. The van der Waals surface area contributed by atoms with Gasteiger partial charge in [0.25, 0.3) is 15.6 Å². The summed E-state index contributed by atoms with van der Waals surface area (Å²) in [5, 5.41) is 6.32. The number of carbonyl (C=O) groups is 1. The number of aromatic nitrogens is 3. The molecule has 0 saturated carbocycles. The molecule has 1 aromatic carbocycles. The van der Waals surface area contributed by atoms with E-state index >= 15 is 0 Å². The number of benzene rings is 1. The van der Waals surface area contributed by atoms with Crippen LogP contribution in [0.4, 0.5) is 11.6 Å². The Labute approximate surface area is 170 Å². The standard InChI is InChI=1S/C18H19N5O6S/c1-11-12(2)21-29-17(11)22-30(27,28)14-5-3-13(4-6-14)19-15(24)7-9-23-10-8-16(25)20-18(23)26/h3-6,8,10,22H,7,9H2,1-2H3,(H,19,24)(H,20,25,26). The summed E-state index contributed by atoms with van der Waals surface area (Å²) in [7, 11) is -3.89. The van der Waals surface area contributed by atoms with Gasteiger partial charge >= 0.3 is 5.69 Å². The van der Waals surface area contributed by atoms with Gasteiger partial charge in [0.2, 0.25) is 11.8 Å². The zero-order valence-corrected chi connectivity index (χ0v) is 16.9. The van der Waals surface area contributed by atoms with Gasteiger partial charge < -0.3 is 14.4 Å². The molecule has 158 valence electrons. The van der Waals surface area contributed by atoms with Crippen LogP contribution in [0.15, 0.2) is 55.5 Å². The van der Waals surface area contributed by atoms with Crippen molar-refractivity contribution in [3.63, 3.8) is 0 Å². The molecule has 0 bridgehead atoms. The largest absolute Gasteiger partial charge is 0.337 e. The summed E-state index contributed by atoms with van der Waals surface area (Å²) in [4.78, 5) is 36.8. The molecule has 3 aromatic rings. The molecule has 0 radical (unpaired) electrons. The fourth-order valence-corrected chi connectivity index (χ4v) is 3.52. The molecule has 0 spiro atoms. The number of sulfonamides is 1. The van der Waals surface area contributed by atoms with Crippen LogP contribution in [0.1, 0.15) is 17.7 Å². The molecule has 0 aliphatic rings. The summed E-state index contributed by atoms with van der Waals surface area (Å²) in [5.41, 5.74) is 0.437. The molecule has 3 N–H and O–H groups in total. The highest BCUT2D eigenvalue weighted by Gasteiger charge is 2.19. The minimum absolute atomic E-state index is 0.0162. The molecular weight excluding hydrogens is 414 g/mol. The first-order valence-corrected chi connectivity index (χ1v) is 10.3. The maximum absolute atomic E-state index is 12.5. The van der Waals surface area contributed by atoms with E-state index in [1.807, 2.05) is 0 Å². The van der Waals surface area contributed by atoms with Crippen molar-refractivity contribution in [2.45, 2.75) is 31.7 Å². The highest BCUT2D eigenvalue weighted by molar-refractivity contribution is 7.92. The third-order valence-electron chi connectivity index (χ3n) is 4.31. The Balaban J connectivity index is 1.62. The quantitative estimate of drug-likeness (QED) is 0.501. The van der Waals surface area contributed by atoms with E-state index < -0.39 is 21.3 Å². The lowest BCUT2D eigenvalue weighted by Gasteiger charge is -2.09. The predicted octanol–water partition coefficient (Wildman–Crippen LogP) is 0.971. The Morgan fingerprint density at radius 2 is 1.87 bits per heavy atom. The molecule has 2 aromatic heterocycles. The molecule has 2 heterocycles. The first kappa shape index (κ1) is 21.0. The predicted molar refractivity (Wildman–Crippen MR) is 108 cm³/mol. The molecule has 0 saturated heterocycles. The van der Waals surface area contributed by atoms with Gasteiger partial charge in [0, 0.05) is 36.5 Å². The van der Waals surface area contributed by atoms with E-state index in [4.69, 9.17) is 4.52 Å². The van der Waals surface area contributed by atoms with Crippen LogP contribution in [-0.2, 0) is 21.4 Å². The Morgan fingerprint density at radius 1 is 1.17 bits per heavy atom. The van der Waals surface area contributed by atoms with Gasteiger partial charge in [0.05, 0.1) is 10.6 Å². The van der Waals surface area contributed by atoms with Gasteiger partial charge in [-0.05, 0) is 38.1 Å². The first-order chi connectivity index (χ1) is 14.2. The van der Waals surface area contributed by atoms with Crippen molar-refractivity contribution < 1.29 is 17.7 Å². The molecule has 0 aliphatic carbocycles. The molecule has 11 nitrogen and oxygen atoms in total. The van der Waals surface area contributed by atoms with Gasteiger partial charge in [-0.2, -0.15) is 0 Å². The fraction of sp³-hybridized carbons (Fsp3) is 0.222. The number of rotatable bonds is 7. The lowest BCUT2D eigenvalue weighted by Crippen LogP contribution is -2.29. The van der Waals surface area contributed by atoms with Crippen LogP contribution in [-0.4, -0.2) is 29.0 Å². The van der Waals surface area contributed by atoms with Crippen LogP contribution >= 0.6 is 0 Å². The molecule has 1 amide bonds. The van der Waals surface area contributed by atoms with Gasteiger partial charge in [0.1, 0.15) is 0 Å². The minimum Gasteiger partial charge on any atom is -0.337 e. The van der Waals surface area contributed by atoms with Crippen molar-refractivity contribution in [2.24, 2.45) is 0 Å². The monoisotopic (exact) mass is 433 g/mol. The van der Waals surface area contributed by atoms with E-state index in [2.05, 4.69) is 20.2 Å². The highest BCUT2D eigenvalue weighted by atomic mass is 32.2. The average molecular weight is 433 g/mol.